The molecule has 0 saturated carbocycles. The van der Waals surface area contributed by atoms with E-state index in [2.05, 4.69) is 58.5 Å². The molecular weight excluding hydrogens is 396 g/mol. The van der Waals surface area contributed by atoms with E-state index < -0.39 is 0 Å². The zero-order chi connectivity index (χ0) is 21.9. The minimum absolute atomic E-state index is 0.0680. The Morgan fingerprint density at radius 1 is 1.03 bits per heavy atom. The average molecular weight is 427 g/mol. The third-order valence-electron chi connectivity index (χ3n) is 6.79. The number of anilines is 1. The predicted molar refractivity (Wildman–Crippen MR) is 127 cm³/mol. The molecule has 1 unspecified atom stereocenters. The lowest BCUT2D eigenvalue weighted by molar-refractivity contribution is -0.126. The van der Waals surface area contributed by atoms with Gasteiger partial charge in [0.25, 0.3) is 0 Å². The Balaban J connectivity index is 1.21. The van der Waals surface area contributed by atoms with E-state index in [1.807, 2.05) is 24.4 Å². The van der Waals surface area contributed by atoms with Crippen LogP contribution in [0.1, 0.15) is 48.4 Å². The van der Waals surface area contributed by atoms with E-state index in [0.29, 0.717) is 0 Å². The number of nitrogens with zero attached hydrogens (tertiary/aromatic N) is 3. The van der Waals surface area contributed by atoms with E-state index in [1.54, 1.807) is 0 Å². The summed E-state index contributed by atoms with van der Waals surface area (Å²) in [6, 6.07) is 18.9. The van der Waals surface area contributed by atoms with Crippen molar-refractivity contribution >= 4 is 11.7 Å². The first-order chi connectivity index (χ1) is 15.7. The number of rotatable bonds is 4. The van der Waals surface area contributed by atoms with E-state index in [-0.39, 0.29) is 17.9 Å². The monoisotopic (exact) mass is 426 g/mol. The number of piperidine rings is 1. The van der Waals surface area contributed by atoms with Gasteiger partial charge in [0.2, 0.25) is 5.91 Å². The summed E-state index contributed by atoms with van der Waals surface area (Å²) in [7, 11) is 0. The molecule has 164 valence electrons. The van der Waals surface area contributed by atoms with Crippen LogP contribution >= 0.6 is 0 Å². The zero-order valence-electron chi connectivity index (χ0n) is 18.6. The summed E-state index contributed by atoms with van der Waals surface area (Å²) >= 11 is 0. The fraction of sp³-hybridized carbons (Fsp3) is 0.370. The molecule has 1 fully saturated rings. The molecule has 2 aliphatic rings. The highest BCUT2D eigenvalue weighted by atomic mass is 16.1. The maximum atomic E-state index is 13.0. The molecule has 1 aliphatic carbocycles. The predicted octanol–water partition coefficient (Wildman–Crippen LogP) is 4.86. The highest BCUT2D eigenvalue weighted by molar-refractivity contribution is 5.79. The van der Waals surface area contributed by atoms with Crippen LogP contribution in [0, 0.1) is 12.8 Å². The molecule has 0 spiro atoms. The number of hydrogen-bond acceptors (Lipinski definition) is 4. The van der Waals surface area contributed by atoms with Crippen molar-refractivity contribution in [1.82, 2.24) is 15.3 Å². The second kappa shape index (κ2) is 9.11. The van der Waals surface area contributed by atoms with Gasteiger partial charge in [0, 0.05) is 30.8 Å². The lowest BCUT2D eigenvalue weighted by Gasteiger charge is -2.34. The van der Waals surface area contributed by atoms with Crippen LogP contribution in [0.3, 0.4) is 0 Å². The Bertz CT molecular complexity index is 1100. The minimum atomic E-state index is 0.0680. The fourth-order valence-electron chi connectivity index (χ4n) is 5.01. The SMILES string of the molecule is Cc1cccc(-c2nccc(N3CCC(C(=O)NC4CCCc5ccccc54)CC3)n2)c1. The minimum Gasteiger partial charge on any atom is -0.356 e. The van der Waals surface area contributed by atoms with Gasteiger partial charge in [-0.25, -0.2) is 9.97 Å². The first kappa shape index (κ1) is 20.7. The number of carbonyl (C=O) groups is 1. The van der Waals surface area contributed by atoms with Gasteiger partial charge in [-0.05, 0) is 62.3 Å². The van der Waals surface area contributed by atoms with Crippen molar-refractivity contribution in [3.05, 3.63) is 77.5 Å². The molecule has 1 aromatic heterocycles. The number of benzene rings is 2. The van der Waals surface area contributed by atoms with Crippen LogP contribution in [0.15, 0.2) is 60.8 Å². The van der Waals surface area contributed by atoms with Crippen molar-refractivity contribution in [1.29, 1.82) is 0 Å². The van der Waals surface area contributed by atoms with Crippen molar-refractivity contribution in [2.45, 2.75) is 45.1 Å². The van der Waals surface area contributed by atoms with E-state index in [9.17, 15) is 4.79 Å². The molecule has 1 N–H and O–H groups in total. The first-order valence-corrected chi connectivity index (χ1v) is 11.7. The van der Waals surface area contributed by atoms with Crippen LogP contribution in [-0.2, 0) is 11.2 Å². The van der Waals surface area contributed by atoms with Gasteiger partial charge in [0.05, 0.1) is 6.04 Å². The molecule has 1 amide bonds. The number of carbonyl (C=O) groups excluding carboxylic acids is 1. The van der Waals surface area contributed by atoms with Crippen molar-refractivity contribution in [2.24, 2.45) is 5.92 Å². The van der Waals surface area contributed by atoms with Crippen molar-refractivity contribution in [2.75, 3.05) is 18.0 Å². The number of amides is 1. The Kier molecular flexibility index (Phi) is 5.89. The number of hydrogen-bond donors (Lipinski definition) is 1. The molecule has 0 bridgehead atoms. The summed E-state index contributed by atoms with van der Waals surface area (Å²) in [4.78, 5) is 24.6. The molecule has 1 atom stereocenters. The smallest absolute Gasteiger partial charge is 0.223 e. The number of aromatic nitrogens is 2. The van der Waals surface area contributed by atoms with Crippen LogP contribution < -0.4 is 10.2 Å². The number of nitrogens with one attached hydrogen (secondary N) is 1. The standard InChI is InChI=1S/C27H30N4O/c1-19-6-4-9-22(18-19)26-28-15-12-25(30-26)31-16-13-21(14-17-31)27(32)29-24-11-5-8-20-7-2-3-10-23(20)24/h2-4,6-7,9-10,12,15,18,21,24H,5,8,11,13-14,16-17H2,1H3,(H,29,32). The summed E-state index contributed by atoms with van der Waals surface area (Å²) in [5.41, 5.74) is 4.92. The summed E-state index contributed by atoms with van der Waals surface area (Å²) in [5, 5.41) is 3.35. The summed E-state index contributed by atoms with van der Waals surface area (Å²) < 4.78 is 0. The van der Waals surface area contributed by atoms with Crippen LogP contribution in [-0.4, -0.2) is 29.0 Å². The highest BCUT2D eigenvalue weighted by Crippen LogP contribution is 2.31. The van der Waals surface area contributed by atoms with E-state index >= 15 is 0 Å². The van der Waals surface area contributed by atoms with Crippen LogP contribution in [0.5, 0.6) is 0 Å². The lowest BCUT2D eigenvalue weighted by Crippen LogP contribution is -2.42. The van der Waals surface area contributed by atoms with Crippen LogP contribution in [0.25, 0.3) is 11.4 Å². The van der Waals surface area contributed by atoms with Crippen molar-refractivity contribution < 1.29 is 4.79 Å². The van der Waals surface area contributed by atoms with Gasteiger partial charge in [0.15, 0.2) is 5.82 Å². The molecule has 32 heavy (non-hydrogen) atoms. The molecule has 3 aromatic rings. The lowest BCUT2D eigenvalue weighted by atomic mass is 9.87. The molecule has 2 aromatic carbocycles. The van der Waals surface area contributed by atoms with Crippen LogP contribution in [0.2, 0.25) is 0 Å². The largest absolute Gasteiger partial charge is 0.356 e. The maximum absolute atomic E-state index is 13.0. The second-order valence-corrected chi connectivity index (χ2v) is 9.02. The van der Waals surface area contributed by atoms with Crippen molar-refractivity contribution in [3.63, 3.8) is 0 Å². The molecule has 5 heteroatoms. The normalized spacial score (nSPS) is 18.8. The van der Waals surface area contributed by atoms with Gasteiger partial charge >= 0.3 is 0 Å². The Morgan fingerprint density at radius 2 is 1.88 bits per heavy atom. The van der Waals surface area contributed by atoms with E-state index in [4.69, 9.17) is 4.98 Å². The first-order valence-electron chi connectivity index (χ1n) is 11.7. The number of fused-ring (bicyclic) bond motifs is 1. The Hall–Kier alpha value is -3.21. The highest BCUT2D eigenvalue weighted by Gasteiger charge is 2.29. The van der Waals surface area contributed by atoms with Gasteiger partial charge in [0.1, 0.15) is 5.82 Å². The van der Waals surface area contributed by atoms with Crippen molar-refractivity contribution in [3.8, 4) is 11.4 Å². The zero-order valence-corrected chi connectivity index (χ0v) is 18.6. The topological polar surface area (TPSA) is 58.1 Å². The molecule has 1 saturated heterocycles. The third kappa shape index (κ3) is 4.38. The van der Waals surface area contributed by atoms with E-state index in [1.165, 1.54) is 16.7 Å². The Labute approximate surface area is 189 Å². The van der Waals surface area contributed by atoms with Crippen LogP contribution in [0.4, 0.5) is 5.82 Å². The van der Waals surface area contributed by atoms with Gasteiger partial charge in [-0.15, -0.1) is 0 Å². The summed E-state index contributed by atoms with van der Waals surface area (Å²) in [5.74, 6) is 1.96. The fourth-order valence-corrected chi connectivity index (χ4v) is 5.01. The third-order valence-corrected chi connectivity index (χ3v) is 6.79. The molecule has 1 aliphatic heterocycles. The molecule has 2 heterocycles. The van der Waals surface area contributed by atoms with Gasteiger partial charge in [-0.1, -0.05) is 48.0 Å². The summed E-state index contributed by atoms with van der Waals surface area (Å²) in [6.45, 7) is 3.75. The molecule has 0 radical (unpaired) electrons. The maximum Gasteiger partial charge on any atom is 0.223 e. The molecule has 5 nitrogen and oxygen atoms in total. The molecule has 5 rings (SSSR count). The number of aryl methyl sites for hydroxylation is 2. The van der Waals surface area contributed by atoms with Gasteiger partial charge in [-0.2, -0.15) is 0 Å². The van der Waals surface area contributed by atoms with Gasteiger partial charge < -0.3 is 10.2 Å². The quantitative estimate of drug-likeness (QED) is 0.647. The van der Waals surface area contributed by atoms with Gasteiger partial charge in [-0.3, -0.25) is 4.79 Å². The second-order valence-electron chi connectivity index (χ2n) is 9.02. The average Bonchev–Trinajstić information content (AvgIpc) is 2.84. The Morgan fingerprint density at radius 3 is 2.72 bits per heavy atom. The van der Waals surface area contributed by atoms with E-state index in [0.717, 1.165) is 62.4 Å². The molecular formula is C27H30N4O. The summed E-state index contributed by atoms with van der Waals surface area (Å²) in [6.07, 6.45) is 6.82.